The number of hydrogen-bond donors (Lipinski definition) is 0. The zero-order valence-electron chi connectivity index (χ0n) is 21.0. The minimum atomic E-state index is -0.817. The molecule has 1 saturated heterocycles. The van der Waals surface area contributed by atoms with Gasteiger partial charge in [-0.3, -0.25) is 4.79 Å². The number of carbonyl (C=O) groups excluding carboxylic acids is 1. The SMILES string of the molecule is CO[C@H]1O/C(=C\OC(C)=O)[C@@H](OCc2ccccc2)[C@H](OCc2ccccc2)[C@H]1OCc1ccccc1. The molecule has 1 aliphatic rings. The molecule has 1 fully saturated rings. The van der Waals surface area contributed by atoms with E-state index in [1.54, 1.807) is 0 Å². The molecule has 1 heterocycles. The highest BCUT2D eigenvalue weighted by Crippen LogP contribution is 2.33. The summed E-state index contributed by atoms with van der Waals surface area (Å²) in [5.74, 6) is -0.188. The van der Waals surface area contributed by atoms with Gasteiger partial charge in [-0.2, -0.15) is 0 Å². The molecule has 0 amide bonds. The minimum Gasteiger partial charge on any atom is -0.460 e. The van der Waals surface area contributed by atoms with E-state index in [-0.39, 0.29) is 5.76 Å². The number of benzene rings is 3. The lowest BCUT2D eigenvalue weighted by molar-refractivity contribution is -0.271. The Morgan fingerprint density at radius 2 is 1.19 bits per heavy atom. The van der Waals surface area contributed by atoms with Gasteiger partial charge in [-0.05, 0) is 16.7 Å². The summed E-state index contributed by atoms with van der Waals surface area (Å²) in [5, 5.41) is 0. The molecular weight excluding hydrogens is 472 g/mol. The maximum absolute atomic E-state index is 11.6. The minimum absolute atomic E-state index is 0.288. The van der Waals surface area contributed by atoms with Crippen LogP contribution in [-0.2, 0) is 53.0 Å². The van der Waals surface area contributed by atoms with Gasteiger partial charge in [0.25, 0.3) is 0 Å². The summed E-state index contributed by atoms with van der Waals surface area (Å²) in [6.45, 7) is 2.26. The van der Waals surface area contributed by atoms with Crippen LogP contribution in [0.25, 0.3) is 0 Å². The third-order valence-corrected chi connectivity index (χ3v) is 5.84. The molecule has 0 saturated carbocycles. The molecule has 0 bridgehead atoms. The number of esters is 1. The first kappa shape index (κ1) is 26.6. The summed E-state index contributed by atoms with van der Waals surface area (Å²) >= 11 is 0. The van der Waals surface area contributed by atoms with Gasteiger partial charge in [-0.25, -0.2) is 0 Å². The highest BCUT2D eigenvalue weighted by atomic mass is 16.7. The van der Waals surface area contributed by atoms with Gasteiger partial charge in [0.2, 0.25) is 6.29 Å². The second-order valence-electron chi connectivity index (χ2n) is 8.59. The van der Waals surface area contributed by atoms with Crippen molar-refractivity contribution in [2.45, 2.75) is 51.3 Å². The van der Waals surface area contributed by atoms with Gasteiger partial charge in [-0.15, -0.1) is 0 Å². The number of ether oxygens (including phenoxy) is 6. The van der Waals surface area contributed by atoms with Crippen molar-refractivity contribution in [2.75, 3.05) is 7.11 Å². The molecule has 0 N–H and O–H groups in total. The van der Waals surface area contributed by atoms with Crippen molar-refractivity contribution < 1.29 is 33.2 Å². The van der Waals surface area contributed by atoms with E-state index in [0.29, 0.717) is 19.8 Å². The summed E-state index contributed by atoms with van der Waals surface area (Å²) in [4.78, 5) is 11.6. The van der Waals surface area contributed by atoms with Gasteiger partial charge in [0.05, 0.1) is 19.8 Å². The molecule has 0 spiro atoms. The van der Waals surface area contributed by atoms with Crippen molar-refractivity contribution >= 4 is 5.97 Å². The smallest absolute Gasteiger partial charge is 0.307 e. The molecule has 194 valence electrons. The van der Waals surface area contributed by atoms with Crippen LogP contribution in [0.3, 0.4) is 0 Å². The molecule has 4 rings (SSSR count). The van der Waals surface area contributed by atoms with Gasteiger partial charge < -0.3 is 28.4 Å². The zero-order chi connectivity index (χ0) is 25.9. The Balaban J connectivity index is 1.63. The molecule has 3 aromatic rings. The van der Waals surface area contributed by atoms with E-state index in [4.69, 9.17) is 28.4 Å². The van der Waals surface area contributed by atoms with Gasteiger partial charge in [0, 0.05) is 14.0 Å². The zero-order valence-corrected chi connectivity index (χ0v) is 21.0. The van der Waals surface area contributed by atoms with Crippen LogP contribution in [0.2, 0.25) is 0 Å². The van der Waals surface area contributed by atoms with E-state index >= 15 is 0 Å². The fourth-order valence-electron chi connectivity index (χ4n) is 4.00. The third kappa shape index (κ3) is 7.74. The van der Waals surface area contributed by atoms with Crippen molar-refractivity contribution in [3.63, 3.8) is 0 Å². The van der Waals surface area contributed by atoms with E-state index in [2.05, 4.69) is 0 Å². The predicted octanol–water partition coefficient (Wildman–Crippen LogP) is 5.15. The van der Waals surface area contributed by atoms with E-state index in [0.717, 1.165) is 16.7 Å². The number of carbonyl (C=O) groups is 1. The molecule has 0 aliphatic carbocycles. The Morgan fingerprint density at radius 1 is 0.730 bits per heavy atom. The lowest BCUT2D eigenvalue weighted by Gasteiger charge is -2.42. The average Bonchev–Trinajstić information content (AvgIpc) is 2.94. The first-order chi connectivity index (χ1) is 18.1. The Hall–Kier alpha value is -3.49. The molecule has 4 atom stereocenters. The lowest BCUT2D eigenvalue weighted by atomic mass is 10.0. The molecule has 7 nitrogen and oxygen atoms in total. The Kier molecular flexibility index (Phi) is 9.85. The van der Waals surface area contributed by atoms with Gasteiger partial charge in [-0.1, -0.05) is 91.0 Å². The quantitative estimate of drug-likeness (QED) is 0.264. The largest absolute Gasteiger partial charge is 0.460 e. The summed E-state index contributed by atoms with van der Waals surface area (Å²) < 4.78 is 36.1. The lowest BCUT2D eigenvalue weighted by Crippen LogP contribution is -2.55. The fourth-order valence-corrected chi connectivity index (χ4v) is 4.00. The van der Waals surface area contributed by atoms with E-state index < -0.39 is 30.6 Å². The van der Waals surface area contributed by atoms with E-state index in [1.165, 1.54) is 20.3 Å². The average molecular weight is 505 g/mol. The Morgan fingerprint density at radius 3 is 1.65 bits per heavy atom. The first-order valence-corrected chi connectivity index (χ1v) is 12.2. The van der Waals surface area contributed by atoms with Crippen molar-refractivity contribution in [3.05, 3.63) is 120 Å². The molecule has 0 unspecified atom stereocenters. The van der Waals surface area contributed by atoms with Crippen LogP contribution in [0.5, 0.6) is 0 Å². The predicted molar refractivity (Wildman–Crippen MR) is 137 cm³/mol. The summed E-state index contributed by atoms with van der Waals surface area (Å²) in [7, 11) is 1.53. The highest BCUT2D eigenvalue weighted by molar-refractivity contribution is 5.66. The molecule has 1 aliphatic heterocycles. The monoisotopic (exact) mass is 504 g/mol. The molecule has 3 aromatic carbocycles. The van der Waals surface area contributed by atoms with Gasteiger partial charge in [0.1, 0.15) is 24.6 Å². The van der Waals surface area contributed by atoms with Gasteiger partial charge >= 0.3 is 5.97 Å². The maximum atomic E-state index is 11.6. The van der Waals surface area contributed by atoms with Crippen molar-refractivity contribution in [3.8, 4) is 0 Å². The Bertz CT molecular complexity index is 1120. The molecule has 7 heteroatoms. The van der Waals surface area contributed by atoms with Crippen molar-refractivity contribution in [1.82, 2.24) is 0 Å². The third-order valence-electron chi connectivity index (χ3n) is 5.84. The molecular formula is C30H32O7. The molecule has 0 aromatic heterocycles. The topological polar surface area (TPSA) is 72.5 Å². The van der Waals surface area contributed by atoms with Crippen LogP contribution in [0.15, 0.2) is 103 Å². The highest BCUT2D eigenvalue weighted by Gasteiger charge is 2.47. The normalized spacial score (nSPS) is 22.4. The van der Waals surface area contributed by atoms with E-state index in [1.807, 2.05) is 91.0 Å². The standard InChI is InChI=1S/C30H32O7/c1-22(31)33-21-26-27(34-18-23-12-6-3-7-13-23)28(35-19-24-14-8-4-9-15-24)29(30(32-2)37-26)36-20-25-16-10-5-11-17-25/h3-17,21,27-30H,18-20H2,1-2H3/b26-21-/t27-,28+,29-,30+/m1/s1. The number of methoxy groups -OCH3 is 1. The summed E-state index contributed by atoms with van der Waals surface area (Å²) in [5.41, 5.74) is 2.98. The van der Waals surface area contributed by atoms with Crippen LogP contribution in [-0.4, -0.2) is 37.7 Å². The van der Waals surface area contributed by atoms with Crippen LogP contribution >= 0.6 is 0 Å². The summed E-state index contributed by atoms with van der Waals surface area (Å²) in [6, 6.07) is 29.5. The van der Waals surface area contributed by atoms with Crippen LogP contribution in [0.1, 0.15) is 23.6 Å². The van der Waals surface area contributed by atoms with Crippen LogP contribution < -0.4 is 0 Å². The Labute approximate surface area is 217 Å². The maximum Gasteiger partial charge on any atom is 0.307 e. The van der Waals surface area contributed by atoms with Crippen molar-refractivity contribution in [2.24, 2.45) is 0 Å². The molecule has 0 radical (unpaired) electrons. The van der Waals surface area contributed by atoms with Crippen LogP contribution in [0, 0.1) is 0 Å². The van der Waals surface area contributed by atoms with Gasteiger partial charge in [0.15, 0.2) is 5.76 Å². The van der Waals surface area contributed by atoms with Crippen LogP contribution in [0.4, 0.5) is 0 Å². The molecule has 37 heavy (non-hydrogen) atoms. The van der Waals surface area contributed by atoms with E-state index in [9.17, 15) is 4.79 Å². The number of hydrogen-bond acceptors (Lipinski definition) is 7. The fraction of sp³-hybridized carbons (Fsp3) is 0.300. The second kappa shape index (κ2) is 13.7. The van der Waals surface area contributed by atoms with Crippen molar-refractivity contribution in [1.29, 1.82) is 0 Å². The number of rotatable bonds is 11. The summed E-state index contributed by atoms with van der Waals surface area (Å²) in [6.07, 6.45) is -1.55. The first-order valence-electron chi connectivity index (χ1n) is 12.2. The second-order valence-corrected chi connectivity index (χ2v) is 8.59.